The van der Waals surface area contributed by atoms with Gasteiger partial charge in [-0.05, 0) is 19.4 Å². The van der Waals surface area contributed by atoms with Gasteiger partial charge in [0.15, 0.2) is 0 Å². The Morgan fingerprint density at radius 2 is 1.73 bits per heavy atom. The van der Waals surface area contributed by atoms with Gasteiger partial charge in [-0.25, -0.2) is 0 Å². The van der Waals surface area contributed by atoms with Crippen molar-refractivity contribution in [2.24, 2.45) is 5.73 Å². The molecule has 0 unspecified atom stereocenters. The molecule has 2 N–H and O–H groups in total. The number of ether oxygens (including phenoxy) is 1. The topological polar surface area (TPSA) is 52.3 Å². The van der Waals surface area contributed by atoms with E-state index in [9.17, 15) is 4.79 Å². The fraction of sp³-hybridized carbons (Fsp3) is 0.917. The largest absolute Gasteiger partial charge is 0.466 e. The lowest BCUT2D eigenvalue weighted by atomic mass is 10.1. The molecule has 3 nitrogen and oxygen atoms in total. The van der Waals surface area contributed by atoms with Gasteiger partial charge in [-0.15, -0.1) is 0 Å². The summed E-state index contributed by atoms with van der Waals surface area (Å²) in [6, 6.07) is 0. The van der Waals surface area contributed by atoms with Crippen molar-refractivity contribution in [1.82, 2.24) is 0 Å². The number of nitrogens with two attached hydrogens (primary N) is 1. The monoisotopic (exact) mass is 215 g/mol. The average Bonchev–Trinajstić information content (AvgIpc) is 2.23. The van der Waals surface area contributed by atoms with E-state index in [1.807, 2.05) is 0 Å². The molecule has 0 rings (SSSR count). The van der Waals surface area contributed by atoms with Gasteiger partial charge >= 0.3 is 5.97 Å². The molecule has 0 aromatic heterocycles. The molecule has 0 aliphatic rings. The van der Waals surface area contributed by atoms with Crippen molar-refractivity contribution in [2.45, 2.75) is 58.3 Å². The van der Waals surface area contributed by atoms with Crippen molar-refractivity contribution in [3.8, 4) is 0 Å². The molecule has 0 bridgehead atoms. The Morgan fingerprint density at radius 3 is 2.40 bits per heavy atom. The van der Waals surface area contributed by atoms with E-state index in [1.165, 1.54) is 25.7 Å². The second-order valence-electron chi connectivity index (χ2n) is 3.88. The maximum absolute atomic E-state index is 11.1. The summed E-state index contributed by atoms with van der Waals surface area (Å²) in [6.07, 6.45) is 8.54. The number of hydrogen-bond acceptors (Lipinski definition) is 3. The smallest absolute Gasteiger partial charge is 0.305 e. The van der Waals surface area contributed by atoms with Crippen LogP contribution >= 0.6 is 0 Å². The fourth-order valence-corrected chi connectivity index (χ4v) is 1.39. The zero-order chi connectivity index (χ0) is 11.4. The molecule has 15 heavy (non-hydrogen) atoms. The van der Waals surface area contributed by atoms with Gasteiger partial charge in [-0.2, -0.15) is 0 Å². The Bertz CT molecular complexity index is 149. The molecule has 0 spiro atoms. The maximum atomic E-state index is 11.1. The molecule has 0 aromatic carbocycles. The highest BCUT2D eigenvalue weighted by molar-refractivity contribution is 5.69. The highest BCUT2D eigenvalue weighted by Gasteiger charge is 2.01. The van der Waals surface area contributed by atoms with Gasteiger partial charge in [0.25, 0.3) is 0 Å². The fourth-order valence-electron chi connectivity index (χ4n) is 1.39. The molecule has 0 radical (unpaired) electrons. The van der Waals surface area contributed by atoms with Gasteiger partial charge in [0.05, 0.1) is 6.61 Å². The molecule has 0 aliphatic carbocycles. The second kappa shape index (κ2) is 11.5. The number of unbranched alkanes of at least 4 members (excludes halogenated alkanes) is 5. The molecule has 0 saturated heterocycles. The van der Waals surface area contributed by atoms with Gasteiger partial charge in [-0.3, -0.25) is 4.79 Å². The van der Waals surface area contributed by atoms with Crippen LogP contribution < -0.4 is 5.73 Å². The number of rotatable bonds is 10. The Hall–Kier alpha value is -0.570. The SMILES string of the molecule is CCCCCCCCC(=O)OCCCN. The van der Waals surface area contributed by atoms with E-state index in [-0.39, 0.29) is 5.97 Å². The van der Waals surface area contributed by atoms with Gasteiger partial charge in [-0.1, -0.05) is 39.0 Å². The van der Waals surface area contributed by atoms with E-state index in [4.69, 9.17) is 10.5 Å². The Labute approximate surface area is 93.4 Å². The van der Waals surface area contributed by atoms with Crippen molar-refractivity contribution in [3.63, 3.8) is 0 Å². The number of esters is 1. The summed E-state index contributed by atoms with van der Waals surface area (Å²) in [5, 5.41) is 0. The minimum absolute atomic E-state index is 0.0704. The van der Waals surface area contributed by atoms with Gasteiger partial charge in [0, 0.05) is 6.42 Å². The van der Waals surface area contributed by atoms with E-state index < -0.39 is 0 Å². The van der Waals surface area contributed by atoms with Crippen molar-refractivity contribution in [3.05, 3.63) is 0 Å². The third kappa shape index (κ3) is 11.4. The van der Waals surface area contributed by atoms with Crippen LogP contribution in [-0.2, 0) is 9.53 Å². The molecular weight excluding hydrogens is 190 g/mol. The third-order valence-electron chi connectivity index (χ3n) is 2.35. The normalized spacial score (nSPS) is 10.3. The van der Waals surface area contributed by atoms with Crippen LogP contribution in [0.15, 0.2) is 0 Å². The number of hydrogen-bond donors (Lipinski definition) is 1. The lowest BCUT2D eigenvalue weighted by molar-refractivity contribution is -0.143. The summed E-state index contributed by atoms with van der Waals surface area (Å²) >= 11 is 0. The van der Waals surface area contributed by atoms with E-state index in [0.29, 0.717) is 19.6 Å². The first-order valence-electron chi connectivity index (χ1n) is 6.17. The van der Waals surface area contributed by atoms with Crippen LogP contribution in [0.5, 0.6) is 0 Å². The zero-order valence-corrected chi connectivity index (χ0v) is 9.96. The highest BCUT2D eigenvalue weighted by Crippen LogP contribution is 2.07. The van der Waals surface area contributed by atoms with Crippen molar-refractivity contribution >= 4 is 5.97 Å². The molecule has 0 heterocycles. The molecular formula is C12H25NO2. The molecule has 0 aliphatic heterocycles. The van der Waals surface area contributed by atoms with Crippen LogP contribution in [-0.4, -0.2) is 19.1 Å². The molecule has 0 fully saturated rings. The standard InChI is InChI=1S/C12H25NO2/c1-2-3-4-5-6-7-9-12(14)15-11-8-10-13/h2-11,13H2,1H3. The third-order valence-corrected chi connectivity index (χ3v) is 2.35. The minimum atomic E-state index is -0.0704. The second-order valence-corrected chi connectivity index (χ2v) is 3.88. The predicted octanol–water partition coefficient (Wildman–Crippen LogP) is 2.63. The summed E-state index contributed by atoms with van der Waals surface area (Å²) in [5.74, 6) is -0.0704. The van der Waals surface area contributed by atoms with E-state index in [2.05, 4.69) is 6.92 Å². The van der Waals surface area contributed by atoms with Crippen LogP contribution in [0.4, 0.5) is 0 Å². The van der Waals surface area contributed by atoms with Crippen LogP contribution in [0.1, 0.15) is 58.3 Å². The summed E-state index contributed by atoms with van der Waals surface area (Å²) in [7, 11) is 0. The Morgan fingerprint density at radius 1 is 1.07 bits per heavy atom. The maximum Gasteiger partial charge on any atom is 0.305 e. The zero-order valence-electron chi connectivity index (χ0n) is 9.96. The molecule has 0 atom stereocenters. The van der Waals surface area contributed by atoms with E-state index in [0.717, 1.165) is 19.3 Å². The van der Waals surface area contributed by atoms with Gasteiger partial charge < -0.3 is 10.5 Å². The quantitative estimate of drug-likeness (QED) is 0.450. The van der Waals surface area contributed by atoms with Crippen LogP contribution in [0.2, 0.25) is 0 Å². The molecule has 3 heteroatoms. The van der Waals surface area contributed by atoms with Crippen molar-refractivity contribution < 1.29 is 9.53 Å². The molecule has 0 saturated carbocycles. The number of carbonyl (C=O) groups is 1. The number of carbonyl (C=O) groups excluding carboxylic acids is 1. The van der Waals surface area contributed by atoms with Gasteiger partial charge in [0.2, 0.25) is 0 Å². The Kier molecular flexibility index (Phi) is 11.1. The summed E-state index contributed by atoms with van der Waals surface area (Å²) in [6.45, 7) is 3.27. The minimum Gasteiger partial charge on any atom is -0.466 e. The summed E-state index contributed by atoms with van der Waals surface area (Å²) < 4.78 is 4.99. The predicted molar refractivity (Wildman–Crippen MR) is 62.6 cm³/mol. The summed E-state index contributed by atoms with van der Waals surface area (Å²) in [5.41, 5.74) is 5.29. The van der Waals surface area contributed by atoms with Crippen molar-refractivity contribution in [1.29, 1.82) is 0 Å². The summed E-state index contributed by atoms with van der Waals surface area (Å²) in [4.78, 5) is 11.1. The lowest BCUT2D eigenvalue weighted by Gasteiger charge is -2.03. The first-order valence-corrected chi connectivity index (χ1v) is 6.17. The first kappa shape index (κ1) is 14.4. The van der Waals surface area contributed by atoms with Crippen LogP contribution in [0.3, 0.4) is 0 Å². The molecule has 90 valence electrons. The van der Waals surface area contributed by atoms with Crippen molar-refractivity contribution in [2.75, 3.05) is 13.2 Å². The van der Waals surface area contributed by atoms with Gasteiger partial charge in [0.1, 0.15) is 0 Å². The average molecular weight is 215 g/mol. The van der Waals surface area contributed by atoms with Crippen LogP contribution in [0, 0.1) is 0 Å². The van der Waals surface area contributed by atoms with E-state index in [1.54, 1.807) is 0 Å². The molecule has 0 aromatic rings. The van der Waals surface area contributed by atoms with E-state index >= 15 is 0 Å². The van der Waals surface area contributed by atoms with Crippen LogP contribution in [0.25, 0.3) is 0 Å². The highest BCUT2D eigenvalue weighted by atomic mass is 16.5. The lowest BCUT2D eigenvalue weighted by Crippen LogP contribution is -2.09. The Balaban J connectivity index is 3.10. The first-order chi connectivity index (χ1) is 7.31. The molecule has 0 amide bonds.